The molecule has 0 spiro atoms. The van der Waals surface area contributed by atoms with Crippen molar-refractivity contribution in [1.82, 2.24) is 4.90 Å². The van der Waals surface area contributed by atoms with E-state index in [2.05, 4.69) is 21.7 Å². The first-order valence-corrected chi connectivity index (χ1v) is 6.86. The summed E-state index contributed by atoms with van der Waals surface area (Å²) in [5, 5.41) is 13.3. The van der Waals surface area contributed by atoms with Gasteiger partial charge >= 0.3 is 0 Å². The van der Waals surface area contributed by atoms with Gasteiger partial charge in [-0.15, -0.1) is 0 Å². The molecule has 1 aromatic rings. The van der Waals surface area contributed by atoms with Crippen molar-refractivity contribution in [3.63, 3.8) is 0 Å². The van der Waals surface area contributed by atoms with Crippen LogP contribution in [-0.2, 0) is 0 Å². The molecule has 2 heterocycles. The lowest BCUT2D eigenvalue weighted by Crippen LogP contribution is -2.31. The fourth-order valence-corrected chi connectivity index (χ4v) is 3.23. The van der Waals surface area contributed by atoms with Gasteiger partial charge in [0.25, 0.3) is 0 Å². The maximum Gasteiger partial charge on any atom is 0.0478 e. The second-order valence-electron chi connectivity index (χ2n) is 4.47. The summed E-state index contributed by atoms with van der Waals surface area (Å²) in [4.78, 5) is 2.46. The minimum Gasteiger partial charge on any atom is -0.396 e. The molecule has 2 unspecified atom stereocenters. The summed E-state index contributed by atoms with van der Waals surface area (Å²) >= 11 is 1.73. The summed E-state index contributed by atoms with van der Waals surface area (Å²) in [6, 6.07) is 2.54. The van der Waals surface area contributed by atoms with Crippen molar-refractivity contribution in [2.75, 3.05) is 26.2 Å². The van der Waals surface area contributed by atoms with Crippen molar-refractivity contribution in [3.8, 4) is 0 Å². The molecule has 90 valence electrons. The Morgan fingerprint density at radius 2 is 2.50 bits per heavy atom. The van der Waals surface area contributed by atoms with Crippen molar-refractivity contribution < 1.29 is 5.11 Å². The normalized spacial score (nSPS) is 23.8. The number of hydrogen-bond donors (Lipinski definition) is 2. The molecule has 1 aliphatic heterocycles. The summed E-state index contributed by atoms with van der Waals surface area (Å²) in [5.74, 6) is 0.651. The van der Waals surface area contributed by atoms with Crippen LogP contribution in [0.5, 0.6) is 0 Å². The predicted octanol–water partition coefficient (Wildman–Crippen LogP) is 1.45. The van der Waals surface area contributed by atoms with Crippen LogP contribution >= 0.6 is 11.3 Å². The van der Waals surface area contributed by atoms with Crippen LogP contribution in [0.4, 0.5) is 0 Å². The van der Waals surface area contributed by atoms with Gasteiger partial charge in [-0.25, -0.2) is 0 Å². The van der Waals surface area contributed by atoms with E-state index in [-0.39, 0.29) is 0 Å². The van der Waals surface area contributed by atoms with Crippen molar-refractivity contribution in [3.05, 3.63) is 22.4 Å². The molecule has 0 aromatic carbocycles. The van der Waals surface area contributed by atoms with Crippen LogP contribution < -0.4 is 5.73 Å². The van der Waals surface area contributed by atoms with Crippen LogP contribution in [0.2, 0.25) is 0 Å². The van der Waals surface area contributed by atoms with Crippen LogP contribution in [0.25, 0.3) is 0 Å². The largest absolute Gasteiger partial charge is 0.396 e. The number of hydrogen-bond acceptors (Lipinski definition) is 4. The third kappa shape index (κ3) is 2.63. The Kier molecular flexibility index (Phi) is 4.35. The van der Waals surface area contributed by atoms with Gasteiger partial charge < -0.3 is 10.8 Å². The van der Waals surface area contributed by atoms with Gasteiger partial charge in [-0.3, -0.25) is 4.90 Å². The Morgan fingerprint density at radius 3 is 3.12 bits per heavy atom. The lowest BCUT2D eigenvalue weighted by atomic mass is 10.1. The summed E-state index contributed by atoms with van der Waals surface area (Å²) in [5.41, 5.74) is 7.22. The third-order valence-corrected chi connectivity index (χ3v) is 4.15. The molecule has 3 nitrogen and oxygen atoms in total. The molecule has 0 bridgehead atoms. The van der Waals surface area contributed by atoms with Gasteiger partial charge in [-0.05, 0) is 47.7 Å². The molecular weight excluding hydrogens is 220 g/mol. The molecule has 0 radical (unpaired) electrons. The molecule has 2 rings (SSSR count). The van der Waals surface area contributed by atoms with Gasteiger partial charge in [-0.1, -0.05) is 0 Å². The number of aliphatic hydroxyl groups excluding tert-OH is 1. The molecule has 0 amide bonds. The molecule has 1 saturated heterocycles. The summed E-state index contributed by atoms with van der Waals surface area (Å²) < 4.78 is 0. The van der Waals surface area contributed by atoms with Gasteiger partial charge in [0.1, 0.15) is 0 Å². The molecule has 4 heteroatoms. The van der Waals surface area contributed by atoms with Crippen molar-refractivity contribution in [2.45, 2.75) is 18.9 Å². The smallest absolute Gasteiger partial charge is 0.0478 e. The third-order valence-electron chi connectivity index (χ3n) is 3.45. The molecule has 1 aromatic heterocycles. The van der Waals surface area contributed by atoms with Crippen LogP contribution in [-0.4, -0.2) is 36.2 Å². The number of rotatable bonds is 5. The number of aliphatic hydroxyl groups is 1. The monoisotopic (exact) mass is 240 g/mol. The number of likely N-dealkylation sites (tertiary alicyclic amines) is 1. The highest BCUT2D eigenvalue weighted by molar-refractivity contribution is 7.07. The van der Waals surface area contributed by atoms with E-state index in [0.717, 1.165) is 19.5 Å². The van der Waals surface area contributed by atoms with Crippen LogP contribution in [0.15, 0.2) is 16.8 Å². The first-order chi connectivity index (χ1) is 7.85. The Bertz CT molecular complexity index is 302. The average Bonchev–Trinajstić information content (AvgIpc) is 2.92. The predicted molar refractivity (Wildman–Crippen MR) is 67.5 cm³/mol. The van der Waals surface area contributed by atoms with Gasteiger partial charge in [0, 0.05) is 25.7 Å². The first-order valence-electron chi connectivity index (χ1n) is 5.92. The molecule has 1 aliphatic rings. The zero-order valence-electron chi connectivity index (χ0n) is 9.51. The van der Waals surface area contributed by atoms with E-state index in [1.807, 2.05) is 0 Å². The Morgan fingerprint density at radius 1 is 1.62 bits per heavy atom. The fourth-order valence-electron chi connectivity index (χ4n) is 2.52. The van der Waals surface area contributed by atoms with E-state index in [1.54, 1.807) is 11.3 Å². The van der Waals surface area contributed by atoms with E-state index in [9.17, 15) is 0 Å². The first kappa shape index (κ1) is 12.0. The molecule has 2 atom stereocenters. The average molecular weight is 240 g/mol. The quantitative estimate of drug-likeness (QED) is 0.819. The standard InChI is InChI=1S/C12H20N2OS/c13-7-12(11-3-6-16-9-11)14-4-1-10(8-14)2-5-15/h3,6,9-10,12,15H,1-2,4-5,7-8,13H2. The van der Waals surface area contributed by atoms with Gasteiger partial charge in [0.05, 0.1) is 0 Å². The van der Waals surface area contributed by atoms with E-state index in [1.165, 1.54) is 12.0 Å². The molecule has 1 fully saturated rings. The highest BCUT2D eigenvalue weighted by atomic mass is 32.1. The van der Waals surface area contributed by atoms with Crippen LogP contribution in [0.1, 0.15) is 24.4 Å². The highest BCUT2D eigenvalue weighted by Crippen LogP contribution is 2.29. The lowest BCUT2D eigenvalue weighted by molar-refractivity contribution is 0.223. The zero-order chi connectivity index (χ0) is 11.4. The number of nitrogens with two attached hydrogens (primary N) is 1. The second-order valence-corrected chi connectivity index (χ2v) is 5.25. The Hall–Kier alpha value is -0.420. The zero-order valence-corrected chi connectivity index (χ0v) is 10.3. The minimum atomic E-state index is 0.310. The Balaban J connectivity index is 1.96. The van der Waals surface area contributed by atoms with E-state index in [0.29, 0.717) is 25.1 Å². The maximum absolute atomic E-state index is 8.95. The summed E-state index contributed by atoms with van der Waals surface area (Å²) in [6.45, 7) is 3.19. The lowest BCUT2D eigenvalue weighted by Gasteiger charge is -2.26. The SMILES string of the molecule is NCC(c1ccsc1)N1CCC(CCO)C1. The van der Waals surface area contributed by atoms with E-state index < -0.39 is 0 Å². The highest BCUT2D eigenvalue weighted by Gasteiger charge is 2.28. The minimum absolute atomic E-state index is 0.310. The molecule has 16 heavy (non-hydrogen) atoms. The fraction of sp³-hybridized carbons (Fsp3) is 0.667. The van der Waals surface area contributed by atoms with Crippen molar-refractivity contribution >= 4 is 11.3 Å². The number of nitrogens with zero attached hydrogens (tertiary/aromatic N) is 1. The molecular formula is C12H20N2OS. The van der Waals surface area contributed by atoms with Crippen molar-refractivity contribution in [1.29, 1.82) is 0 Å². The van der Waals surface area contributed by atoms with Crippen LogP contribution in [0, 0.1) is 5.92 Å². The molecule has 3 N–H and O–H groups in total. The van der Waals surface area contributed by atoms with E-state index in [4.69, 9.17) is 10.8 Å². The Labute approximate surface area is 101 Å². The second kappa shape index (κ2) is 5.77. The maximum atomic E-state index is 8.95. The summed E-state index contributed by atoms with van der Waals surface area (Å²) in [7, 11) is 0. The van der Waals surface area contributed by atoms with Gasteiger partial charge in [0.15, 0.2) is 0 Å². The topological polar surface area (TPSA) is 49.5 Å². The van der Waals surface area contributed by atoms with Crippen molar-refractivity contribution in [2.24, 2.45) is 11.7 Å². The molecule has 0 saturated carbocycles. The summed E-state index contributed by atoms with van der Waals surface area (Å²) in [6.07, 6.45) is 2.12. The van der Waals surface area contributed by atoms with Crippen LogP contribution in [0.3, 0.4) is 0 Å². The van der Waals surface area contributed by atoms with Gasteiger partial charge in [-0.2, -0.15) is 11.3 Å². The number of thiophene rings is 1. The molecule has 0 aliphatic carbocycles. The van der Waals surface area contributed by atoms with E-state index >= 15 is 0 Å². The van der Waals surface area contributed by atoms with Gasteiger partial charge in [0.2, 0.25) is 0 Å².